The molecule has 0 amide bonds. The summed E-state index contributed by atoms with van der Waals surface area (Å²) in [6.45, 7) is 9.21. The molecule has 0 spiro atoms. The first-order chi connectivity index (χ1) is 17.9. The number of piperazine rings is 1. The van der Waals surface area contributed by atoms with Gasteiger partial charge in [0.25, 0.3) is 5.88 Å². The molecule has 11 nitrogen and oxygen atoms in total. The second-order valence-electron chi connectivity index (χ2n) is 8.65. The molecule has 3 aromatic rings. The highest BCUT2D eigenvalue weighted by Gasteiger charge is 2.19. The van der Waals surface area contributed by atoms with Crippen LogP contribution in [0, 0.1) is 0 Å². The van der Waals surface area contributed by atoms with Crippen LogP contribution in [-0.4, -0.2) is 95.1 Å². The second kappa shape index (κ2) is 12.5. The summed E-state index contributed by atoms with van der Waals surface area (Å²) >= 11 is 12.3. The van der Waals surface area contributed by atoms with Crippen LogP contribution in [0.3, 0.4) is 0 Å². The largest absolute Gasteiger partial charge is 0.492 e. The van der Waals surface area contributed by atoms with Gasteiger partial charge in [0.2, 0.25) is 0 Å². The fraction of sp³-hybridized carbons (Fsp3) is 0.458. The van der Waals surface area contributed by atoms with Crippen LogP contribution in [0.25, 0.3) is 10.9 Å². The van der Waals surface area contributed by atoms with E-state index in [4.69, 9.17) is 37.4 Å². The van der Waals surface area contributed by atoms with Crippen molar-refractivity contribution in [3.63, 3.8) is 0 Å². The van der Waals surface area contributed by atoms with Crippen LogP contribution in [-0.2, 0) is 4.79 Å². The third kappa shape index (κ3) is 6.86. The number of methoxy groups -OCH3 is 1. The molecule has 1 N–H and O–H groups in total. The smallest absolute Gasteiger partial charge is 0.253 e. The average molecular weight is 550 g/mol. The molecule has 13 heteroatoms. The molecular formula is C24H29Cl2N7O4. The standard InChI is InChI=1S/C24H29Cl2N7O4/c1-15(2)37-18-13-16(36-11-9-33-6-4-32(5-7-33)8-10-34)12-17-19(18)22(28-14-27-17)30-23-20(25)29-21(26)24(31-23)35-3/h10,12-15H,4-9,11H2,1-3H3,(H,27,28,30,31). The van der Waals surface area contributed by atoms with Crippen molar-refractivity contribution in [2.75, 3.05) is 58.3 Å². The van der Waals surface area contributed by atoms with Crippen molar-refractivity contribution in [3.05, 3.63) is 28.8 Å². The molecule has 3 heterocycles. The number of aldehydes is 1. The number of hydrogen-bond donors (Lipinski definition) is 1. The second-order valence-corrected chi connectivity index (χ2v) is 9.37. The number of carbonyl (C=O) groups excluding carboxylic acids is 1. The zero-order valence-corrected chi connectivity index (χ0v) is 22.4. The average Bonchev–Trinajstić information content (AvgIpc) is 2.86. The summed E-state index contributed by atoms with van der Waals surface area (Å²) in [6.07, 6.45) is 2.28. The van der Waals surface area contributed by atoms with Gasteiger partial charge in [-0.25, -0.2) is 15.0 Å². The lowest BCUT2D eigenvalue weighted by Gasteiger charge is -2.33. The van der Waals surface area contributed by atoms with E-state index < -0.39 is 0 Å². The highest BCUT2D eigenvalue weighted by molar-refractivity contribution is 6.34. The van der Waals surface area contributed by atoms with Gasteiger partial charge in [-0.15, -0.1) is 0 Å². The van der Waals surface area contributed by atoms with E-state index in [9.17, 15) is 4.79 Å². The molecule has 1 saturated heterocycles. The van der Waals surface area contributed by atoms with Gasteiger partial charge in [0, 0.05) is 44.9 Å². The normalized spacial score (nSPS) is 14.6. The Labute approximate surface area is 225 Å². The number of benzene rings is 1. The van der Waals surface area contributed by atoms with Gasteiger partial charge in [-0.05, 0) is 13.8 Å². The number of aromatic nitrogens is 4. The van der Waals surface area contributed by atoms with Crippen molar-refractivity contribution >= 4 is 52.0 Å². The van der Waals surface area contributed by atoms with Gasteiger partial charge in [-0.2, -0.15) is 4.98 Å². The summed E-state index contributed by atoms with van der Waals surface area (Å²) in [7, 11) is 1.44. The Kier molecular flexibility index (Phi) is 9.14. The van der Waals surface area contributed by atoms with Crippen LogP contribution in [0.2, 0.25) is 10.3 Å². The zero-order chi connectivity index (χ0) is 26.4. The highest BCUT2D eigenvalue weighted by Crippen LogP contribution is 2.37. The third-order valence-electron chi connectivity index (χ3n) is 5.72. The summed E-state index contributed by atoms with van der Waals surface area (Å²) in [6, 6.07) is 3.67. The van der Waals surface area contributed by atoms with Crippen molar-refractivity contribution in [1.82, 2.24) is 29.7 Å². The minimum absolute atomic E-state index is 0.0547. The maximum absolute atomic E-state index is 10.7. The number of nitrogens with one attached hydrogen (secondary N) is 1. The number of halogens is 2. The Morgan fingerprint density at radius 2 is 1.81 bits per heavy atom. The van der Waals surface area contributed by atoms with Crippen molar-refractivity contribution in [2.24, 2.45) is 0 Å². The Hall–Kier alpha value is -2.99. The molecular weight excluding hydrogens is 521 g/mol. The molecule has 0 bridgehead atoms. The van der Waals surface area contributed by atoms with Gasteiger partial charge in [0.15, 0.2) is 16.1 Å². The molecule has 0 saturated carbocycles. The number of carbonyl (C=O) groups is 1. The number of anilines is 2. The first-order valence-electron chi connectivity index (χ1n) is 11.9. The summed E-state index contributed by atoms with van der Waals surface area (Å²) in [5.41, 5.74) is 0.623. The van der Waals surface area contributed by atoms with E-state index >= 15 is 0 Å². The van der Waals surface area contributed by atoms with Crippen molar-refractivity contribution in [2.45, 2.75) is 20.0 Å². The number of nitrogens with zero attached hydrogens (tertiary/aromatic N) is 6. The molecule has 4 rings (SSSR count). The Morgan fingerprint density at radius 3 is 2.51 bits per heavy atom. The molecule has 2 aromatic heterocycles. The molecule has 0 atom stereocenters. The van der Waals surface area contributed by atoms with E-state index in [-0.39, 0.29) is 28.1 Å². The number of fused-ring (bicyclic) bond motifs is 1. The lowest BCUT2D eigenvalue weighted by molar-refractivity contribution is -0.109. The van der Waals surface area contributed by atoms with Crippen molar-refractivity contribution < 1.29 is 19.0 Å². The molecule has 0 radical (unpaired) electrons. The quantitative estimate of drug-likeness (QED) is 0.354. The van der Waals surface area contributed by atoms with Gasteiger partial charge < -0.3 is 24.3 Å². The number of rotatable bonds is 11. The molecule has 37 heavy (non-hydrogen) atoms. The van der Waals surface area contributed by atoms with E-state index in [0.29, 0.717) is 41.4 Å². The Bertz CT molecular complexity index is 1240. The summed E-state index contributed by atoms with van der Waals surface area (Å²) in [5, 5.41) is 3.86. The molecule has 1 aliphatic heterocycles. The molecule has 1 fully saturated rings. The first-order valence-corrected chi connectivity index (χ1v) is 12.6. The molecule has 1 aromatic carbocycles. The van der Waals surface area contributed by atoms with Crippen molar-refractivity contribution in [3.8, 4) is 17.4 Å². The van der Waals surface area contributed by atoms with E-state index in [1.54, 1.807) is 0 Å². The van der Waals surface area contributed by atoms with E-state index in [1.165, 1.54) is 13.4 Å². The molecule has 1 aliphatic rings. The van der Waals surface area contributed by atoms with Crippen LogP contribution in [0.4, 0.5) is 11.6 Å². The minimum Gasteiger partial charge on any atom is -0.492 e. The maximum Gasteiger partial charge on any atom is 0.253 e. The lowest BCUT2D eigenvalue weighted by atomic mass is 10.2. The topological polar surface area (TPSA) is 115 Å². The van der Waals surface area contributed by atoms with E-state index in [2.05, 4.69) is 35.1 Å². The summed E-state index contributed by atoms with van der Waals surface area (Å²) < 4.78 is 17.4. The SMILES string of the molecule is COc1nc(Nc2ncnc3cc(OCCN4CCN(CC=O)CC4)cc(OC(C)C)c23)c(Cl)nc1Cl. The molecule has 0 unspecified atom stereocenters. The predicted octanol–water partition coefficient (Wildman–Crippen LogP) is 3.46. The predicted molar refractivity (Wildman–Crippen MR) is 142 cm³/mol. The number of hydrogen-bond acceptors (Lipinski definition) is 11. The molecule has 0 aliphatic carbocycles. The highest BCUT2D eigenvalue weighted by atomic mass is 35.5. The lowest BCUT2D eigenvalue weighted by Crippen LogP contribution is -2.47. The van der Waals surface area contributed by atoms with Crippen LogP contribution >= 0.6 is 23.2 Å². The van der Waals surface area contributed by atoms with Gasteiger partial charge >= 0.3 is 0 Å². The zero-order valence-electron chi connectivity index (χ0n) is 20.9. The Balaban J connectivity index is 1.54. The molecule has 198 valence electrons. The Morgan fingerprint density at radius 1 is 1.05 bits per heavy atom. The summed E-state index contributed by atoms with van der Waals surface area (Å²) in [5.74, 6) is 1.98. The van der Waals surface area contributed by atoms with Crippen LogP contribution < -0.4 is 19.5 Å². The van der Waals surface area contributed by atoms with E-state index in [1.807, 2.05) is 26.0 Å². The van der Waals surface area contributed by atoms with Crippen LogP contribution in [0.5, 0.6) is 17.4 Å². The monoisotopic (exact) mass is 549 g/mol. The van der Waals surface area contributed by atoms with Gasteiger partial charge in [-0.3, -0.25) is 9.80 Å². The minimum atomic E-state index is -0.104. The van der Waals surface area contributed by atoms with Gasteiger partial charge in [0.05, 0.1) is 30.7 Å². The van der Waals surface area contributed by atoms with E-state index in [0.717, 1.165) is 39.0 Å². The third-order valence-corrected chi connectivity index (χ3v) is 6.23. The van der Waals surface area contributed by atoms with Gasteiger partial charge in [-0.1, -0.05) is 23.2 Å². The maximum atomic E-state index is 10.7. The first kappa shape index (κ1) is 27.1. The van der Waals surface area contributed by atoms with Gasteiger partial charge in [0.1, 0.15) is 36.5 Å². The fourth-order valence-electron chi connectivity index (χ4n) is 3.95. The van der Waals surface area contributed by atoms with Crippen LogP contribution in [0.15, 0.2) is 18.5 Å². The van der Waals surface area contributed by atoms with Crippen LogP contribution in [0.1, 0.15) is 13.8 Å². The van der Waals surface area contributed by atoms with Crippen molar-refractivity contribution in [1.29, 1.82) is 0 Å². The number of ether oxygens (including phenoxy) is 3. The fourth-order valence-corrected chi connectivity index (χ4v) is 4.37. The summed E-state index contributed by atoms with van der Waals surface area (Å²) in [4.78, 5) is 32.4.